The number of nitrogens with zero attached hydrogens (tertiary/aromatic N) is 6. The summed E-state index contributed by atoms with van der Waals surface area (Å²) in [5.41, 5.74) is -3.32. The predicted octanol–water partition coefficient (Wildman–Crippen LogP) is 6.07. The quantitative estimate of drug-likeness (QED) is 0.319. The second-order valence-corrected chi connectivity index (χ2v) is 12.1. The van der Waals surface area contributed by atoms with Crippen LogP contribution in [0, 0.1) is 0 Å². The van der Waals surface area contributed by atoms with Crippen molar-refractivity contribution < 1.29 is 45.4 Å². The number of fused-ring (bicyclic) bond motifs is 2. The Morgan fingerprint density at radius 1 is 0.756 bits per heavy atom. The van der Waals surface area contributed by atoms with Gasteiger partial charge >= 0.3 is 24.5 Å². The predicted molar refractivity (Wildman–Crippen MR) is 135 cm³/mol. The van der Waals surface area contributed by atoms with Gasteiger partial charge in [0.2, 0.25) is 0 Å². The zero-order valence-corrected chi connectivity index (χ0v) is 24.9. The fourth-order valence-electron chi connectivity index (χ4n) is 4.01. The normalized spacial score (nSPS) is 15.9. The molecule has 41 heavy (non-hydrogen) atoms. The minimum absolute atomic E-state index is 0.00499. The molecule has 0 N–H and O–H groups in total. The number of carbonyl (C=O) groups is 2. The van der Waals surface area contributed by atoms with Gasteiger partial charge < -0.3 is 28.4 Å². The molecule has 0 radical (unpaired) electrons. The molecule has 0 aromatic carbocycles. The van der Waals surface area contributed by atoms with Gasteiger partial charge in [-0.15, -0.1) is 0 Å². The number of halogens is 7. The van der Waals surface area contributed by atoms with Gasteiger partial charge in [-0.1, -0.05) is 0 Å². The molecular weight excluding hydrogens is 630 g/mol. The molecule has 4 heterocycles. The molecule has 2 amide bonds. The van der Waals surface area contributed by atoms with E-state index in [1.807, 2.05) is 0 Å². The van der Waals surface area contributed by atoms with Crippen LogP contribution in [-0.2, 0) is 48.0 Å². The highest BCUT2D eigenvalue weighted by molar-refractivity contribution is 9.10. The Bertz CT molecular complexity index is 1280. The van der Waals surface area contributed by atoms with E-state index in [4.69, 9.17) is 9.47 Å². The lowest BCUT2D eigenvalue weighted by Gasteiger charge is -2.31. The van der Waals surface area contributed by atoms with Crippen LogP contribution in [0.3, 0.4) is 0 Å². The molecule has 10 nitrogen and oxygen atoms in total. The number of rotatable bonds is 0. The summed E-state index contributed by atoms with van der Waals surface area (Å²) in [4.78, 5) is 33.3. The van der Waals surface area contributed by atoms with Crippen LogP contribution >= 0.6 is 15.9 Å². The molecular formula is C24H31BrF6N6O4. The van der Waals surface area contributed by atoms with Gasteiger partial charge in [-0.2, -0.15) is 26.3 Å². The van der Waals surface area contributed by atoms with Crippen LogP contribution in [-0.4, -0.2) is 65.4 Å². The highest BCUT2D eigenvalue weighted by Gasteiger charge is 2.41. The lowest BCUT2D eigenvalue weighted by atomic mass is 10.2. The molecule has 0 aliphatic carbocycles. The maximum absolute atomic E-state index is 13.0. The van der Waals surface area contributed by atoms with Gasteiger partial charge in [0.25, 0.3) is 0 Å². The van der Waals surface area contributed by atoms with Crippen molar-refractivity contribution in [1.29, 1.82) is 0 Å². The first-order chi connectivity index (χ1) is 18.6. The average molecular weight is 661 g/mol. The number of aromatic nitrogens is 4. The Kier molecular flexibility index (Phi) is 9.02. The number of alkyl halides is 6. The van der Waals surface area contributed by atoms with E-state index >= 15 is 0 Å². The maximum atomic E-state index is 13.0. The number of carbonyl (C=O) groups excluding carboxylic acids is 2. The summed E-state index contributed by atoms with van der Waals surface area (Å²) in [7, 11) is 0. The topological polar surface area (TPSA) is 94.7 Å². The molecule has 2 aliphatic heterocycles. The van der Waals surface area contributed by atoms with Gasteiger partial charge in [-0.05, 0) is 57.5 Å². The highest BCUT2D eigenvalue weighted by Crippen LogP contribution is 2.35. The Morgan fingerprint density at radius 2 is 1.22 bits per heavy atom. The maximum Gasteiger partial charge on any atom is 0.435 e. The summed E-state index contributed by atoms with van der Waals surface area (Å²) < 4.78 is 90.6. The van der Waals surface area contributed by atoms with E-state index in [0.29, 0.717) is 6.54 Å². The van der Waals surface area contributed by atoms with Gasteiger partial charge in [0.05, 0.1) is 30.8 Å². The fourth-order valence-corrected chi connectivity index (χ4v) is 4.58. The second kappa shape index (κ2) is 11.4. The van der Waals surface area contributed by atoms with Gasteiger partial charge in [0, 0.05) is 26.2 Å². The minimum Gasteiger partial charge on any atom is -0.444 e. The van der Waals surface area contributed by atoms with Crippen molar-refractivity contribution in [2.24, 2.45) is 0 Å². The smallest absolute Gasteiger partial charge is 0.435 e. The van der Waals surface area contributed by atoms with E-state index in [1.54, 1.807) is 41.5 Å². The van der Waals surface area contributed by atoms with Crippen molar-refractivity contribution in [3.8, 4) is 0 Å². The van der Waals surface area contributed by atoms with E-state index in [2.05, 4.69) is 25.9 Å². The number of hydrogen-bond donors (Lipinski definition) is 0. The van der Waals surface area contributed by atoms with Gasteiger partial charge in [0.15, 0.2) is 16.1 Å². The van der Waals surface area contributed by atoms with Crippen LogP contribution in [0.2, 0.25) is 0 Å². The molecule has 0 spiro atoms. The van der Waals surface area contributed by atoms with Crippen molar-refractivity contribution in [2.45, 2.75) is 91.3 Å². The van der Waals surface area contributed by atoms with Crippen LogP contribution in [0.5, 0.6) is 0 Å². The Balaban J connectivity index is 0.000000226. The standard InChI is InChI=1S/C12H15BrF3N3O2.C12H16F3N3O2/c1-11(2,3)21-10(20)18-4-5-19-7(6-18)8(12(14,15)16)17-9(19)13;1-11(2,3)20-10(19)17-4-5-18-7-16-9(8(18)6-17)12(13,14)15/h4-6H2,1-3H3;7H,4-6H2,1-3H3. The molecule has 0 fully saturated rings. The first-order valence-corrected chi connectivity index (χ1v) is 13.3. The minimum atomic E-state index is -4.56. The number of imidazole rings is 2. The van der Waals surface area contributed by atoms with E-state index in [0.717, 1.165) is 6.33 Å². The molecule has 0 bridgehead atoms. The molecule has 2 aromatic heterocycles. The van der Waals surface area contributed by atoms with Crippen LogP contribution in [0.25, 0.3) is 0 Å². The second-order valence-electron chi connectivity index (χ2n) is 11.4. The lowest BCUT2D eigenvalue weighted by molar-refractivity contribution is -0.142. The third-order valence-electron chi connectivity index (χ3n) is 5.70. The fraction of sp³-hybridized carbons (Fsp3) is 0.667. The summed E-state index contributed by atoms with van der Waals surface area (Å²) >= 11 is 3.02. The van der Waals surface area contributed by atoms with E-state index < -0.39 is 47.1 Å². The average Bonchev–Trinajstić information content (AvgIpc) is 3.37. The van der Waals surface area contributed by atoms with Gasteiger partial charge in [0.1, 0.15) is 11.2 Å². The van der Waals surface area contributed by atoms with E-state index in [1.165, 1.54) is 18.9 Å². The number of amides is 2. The van der Waals surface area contributed by atoms with Gasteiger partial charge in [-0.25, -0.2) is 19.6 Å². The zero-order chi connectivity index (χ0) is 31.1. The van der Waals surface area contributed by atoms with Crippen LogP contribution < -0.4 is 0 Å². The summed E-state index contributed by atoms with van der Waals surface area (Å²) in [6, 6.07) is 0. The highest BCUT2D eigenvalue weighted by atomic mass is 79.9. The summed E-state index contributed by atoms with van der Waals surface area (Å²) in [6.45, 7) is 11.0. The Labute approximate surface area is 240 Å². The Hall–Kier alpha value is -2.98. The molecule has 4 rings (SSSR count). The van der Waals surface area contributed by atoms with Crippen LogP contribution in [0.15, 0.2) is 11.1 Å². The van der Waals surface area contributed by atoms with Crippen LogP contribution in [0.1, 0.15) is 64.3 Å². The first kappa shape index (κ1) is 32.5. The third kappa shape index (κ3) is 8.29. The summed E-state index contributed by atoms with van der Waals surface area (Å²) in [5.74, 6) is 0. The van der Waals surface area contributed by atoms with Crippen LogP contribution in [0.4, 0.5) is 35.9 Å². The van der Waals surface area contributed by atoms with Crippen molar-refractivity contribution in [3.05, 3.63) is 33.8 Å². The van der Waals surface area contributed by atoms with Crippen molar-refractivity contribution >= 4 is 28.1 Å². The number of ether oxygens (including phenoxy) is 2. The lowest BCUT2D eigenvalue weighted by Crippen LogP contribution is -2.41. The monoisotopic (exact) mass is 660 g/mol. The largest absolute Gasteiger partial charge is 0.444 e. The van der Waals surface area contributed by atoms with Crippen molar-refractivity contribution in [1.82, 2.24) is 28.9 Å². The summed E-state index contributed by atoms with van der Waals surface area (Å²) in [6.07, 6.45) is -9.15. The molecule has 0 saturated heterocycles. The molecule has 17 heteroatoms. The first-order valence-electron chi connectivity index (χ1n) is 12.5. The van der Waals surface area contributed by atoms with E-state index in [9.17, 15) is 35.9 Å². The molecule has 0 unspecified atom stereocenters. The molecule has 0 atom stereocenters. The third-order valence-corrected chi connectivity index (χ3v) is 6.30. The Morgan fingerprint density at radius 3 is 1.68 bits per heavy atom. The molecule has 2 aliphatic rings. The SMILES string of the molecule is CC(C)(C)OC(=O)N1CCn2c(Br)nc(C(F)(F)F)c2C1.CC(C)(C)OC(=O)N1CCn2cnc(C(F)(F)F)c2C1. The molecule has 230 valence electrons. The number of hydrogen-bond acceptors (Lipinski definition) is 6. The molecule has 0 saturated carbocycles. The summed E-state index contributed by atoms with van der Waals surface area (Å²) in [5, 5.41) is 0. The van der Waals surface area contributed by atoms with E-state index in [-0.39, 0.29) is 48.8 Å². The van der Waals surface area contributed by atoms with Crippen molar-refractivity contribution in [2.75, 3.05) is 13.1 Å². The van der Waals surface area contributed by atoms with Crippen molar-refractivity contribution in [3.63, 3.8) is 0 Å². The van der Waals surface area contributed by atoms with Gasteiger partial charge in [-0.3, -0.25) is 0 Å². The zero-order valence-electron chi connectivity index (χ0n) is 23.3. The molecule has 2 aromatic rings.